The average molecular weight is 290 g/mol. The highest BCUT2D eigenvalue weighted by Crippen LogP contribution is 2.21. The van der Waals surface area contributed by atoms with E-state index in [2.05, 4.69) is 15.0 Å². The standard InChI is InChI=1S/C15H22N4O2/c1-18(10-14(20)11-21-3)8-13-9-19(2)17-15(13)12-5-4-6-16-7-12/h4-7,9,14,20H,8,10-11H2,1-3H3. The Bertz CT molecular complexity index is 556. The zero-order valence-electron chi connectivity index (χ0n) is 12.7. The molecular formula is C15H22N4O2. The summed E-state index contributed by atoms with van der Waals surface area (Å²) in [5.74, 6) is 0. The number of nitrogens with zero attached hydrogens (tertiary/aromatic N) is 4. The number of aliphatic hydroxyl groups excluding tert-OH is 1. The molecule has 0 aliphatic carbocycles. The molecule has 1 atom stereocenters. The predicted octanol–water partition coefficient (Wildman–Crippen LogP) is 0.921. The van der Waals surface area contributed by atoms with Gasteiger partial charge in [0.05, 0.1) is 18.4 Å². The lowest BCUT2D eigenvalue weighted by atomic mass is 10.1. The first-order chi connectivity index (χ1) is 10.1. The van der Waals surface area contributed by atoms with Crippen LogP contribution in [-0.4, -0.2) is 58.2 Å². The number of aliphatic hydroxyl groups is 1. The normalized spacial score (nSPS) is 12.8. The quantitative estimate of drug-likeness (QED) is 0.821. The van der Waals surface area contributed by atoms with Crippen LogP contribution in [0.2, 0.25) is 0 Å². The molecule has 0 fully saturated rings. The van der Waals surface area contributed by atoms with Crippen molar-refractivity contribution in [1.29, 1.82) is 0 Å². The number of aromatic nitrogens is 3. The van der Waals surface area contributed by atoms with E-state index in [9.17, 15) is 5.11 Å². The van der Waals surface area contributed by atoms with Gasteiger partial charge in [-0.1, -0.05) is 0 Å². The van der Waals surface area contributed by atoms with Crippen LogP contribution in [0.25, 0.3) is 11.3 Å². The summed E-state index contributed by atoms with van der Waals surface area (Å²) in [6.45, 7) is 1.60. The fourth-order valence-electron chi connectivity index (χ4n) is 2.36. The minimum Gasteiger partial charge on any atom is -0.389 e. The topological polar surface area (TPSA) is 63.4 Å². The van der Waals surface area contributed by atoms with Crippen molar-refractivity contribution in [3.8, 4) is 11.3 Å². The molecule has 0 saturated carbocycles. The summed E-state index contributed by atoms with van der Waals surface area (Å²) >= 11 is 0. The number of pyridine rings is 1. The number of hydrogen-bond acceptors (Lipinski definition) is 5. The Hall–Kier alpha value is -1.76. The zero-order chi connectivity index (χ0) is 15.2. The number of likely N-dealkylation sites (N-methyl/N-ethyl adjacent to an activating group) is 1. The van der Waals surface area contributed by atoms with Gasteiger partial charge in [0.15, 0.2) is 0 Å². The van der Waals surface area contributed by atoms with Crippen molar-refractivity contribution in [3.05, 3.63) is 36.3 Å². The molecule has 6 heteroatoms. The molecule has 2 aromatic heterocycles. The first kappa shape index (κ1) is 15.6. The Labute approximate surface area is 125 Å². The van der Waals surface area contributed by atoms with Crippen LogP contribution in [-0.2, 0) is 18.3 Å². The van der Waals surface area contributed by atoms with E-state index >= 15 is 0 Å². The summed E-state index contributed by atoms with van der Waals surface area (Å²) in [4.78, 5) is 6.20. The van der Waals surface area contributed by atoms with Crippen LogP contribution in [0, 0.1) is 0 Å². The van der Waals surface area contributed by atoms with Crippen LogP contribution < -0.4 is 0 Å². The maximum Gasteiger partial charge on any atom is 0.0983 e. The van der Waals surface area contributed by atoms with Crippen molar-refractivity contribution >= 4 is 0 Å². The van der Waals surface area contributed by atoms with E-state index in [1.807, 2.05) is 38.6 Å². The molecule has 2 aromatic rings. The summed E-state index contributed by atoms with van der Waals surface area (Å²) in [6, 6.07) is 3.90. The first-order valence-corrected chi connectivity index (χ1v) is 6.88. The van der Waals surface area contributed by atoms with Crippen molar-refractivity contribution in [2.45, 2.75) is 12.6 Å². The second kappa shape index (κ2) is 7.31. The SMILES string of the molecule is COCC(O)CN(C)Cc1cn(C)nc1-c1cccnc1. The van der Waals surface area contributed by atoms with Crippen molar-refractivity contribution in [2.75, 3.05) is 27.3 Å². The van der Waals surface area contributed by atoms with Gasteiger partial charge in [-0.05, 0) is 19.2 Å². The van der Waals surface area contributed by atoms with E-state index in [0.29, 0.717) is 19.7 Å². The first-order valence-electron chi connectivity index (χ1n) is 6.88. The largest absolute Gasteiger partial charge is 0.389 e. The van der Waals surface area contributed by atoms with E-state index in [1.54, 1.807) is 18.0 Å². The second-order valence-corrected chi connectivity index (χ2v) is 5.22. The molecule has 0 aliphatic rings. The van der Waals surface area contributed by atoms with Gasteiger partial charge in [-0.3, -0.25) is 14.6 Å². The van der Waals surface area contributed by atoms with Gasteiger partial charge in [-0.2, -0.15) is 5.10 Å². The molecule has 0 amide bonds. The lowest BCUT2D eigenvalue weighted by Gasteiger charge is -2.19. The molecule has 0 aliphatic heterocycles. The summed E-state index contributed by atoms with van der Waals surface area (Å²) in [5.41, 5.74) is 3.04. The minimum absolute atomic E-state index is 0.340. The number of aryl methyl sites for hydroxylation is 1. The van der Waals surface area contributed by atoms with E-state index in [0.717, 1.165) is 16.8 Å². The smallest absolute Gasteiger partial charge is 0.0983 e. The highest BCUT2D eigenvalue weighted by atomic mass is 16.5. The Kier molecular flexibility index (Phi) is 5.44. The number of hydrogen-bond donors (Lipinski definition) is 1. The van der Waals surface area contributed by atoms with Crippen LogP contribution in [0.5, 0.6) is 0 Å². The molecule has 1 N–H and O–H groups in total. The Morgan fingerprint density at radius 2 is 2.29 bits per heavy atom. The summed E-state index contributed by atoms with van der Waals surface area (Å²) in [5, 5.41) is 14.3. The van der Waals surface area contributed by atoms with Crippen molar-refractivity contribution in [3.63, 3.8) is 0 Å². The lowest BCUT2D eigenvalue weighted by Crippen LogP contribution is -2.31. The molecule has 114 valence electrons. The molecule has 2 heterocycles. The van der Waals surface area contributed by atoms with Gasteiger partial charge in [0.2, 0.25) is 0 Å². The highest BCUT2D eigenvalue weighted by Gasteiger charge is 2.14. The molecule has 0 bridgehead atoms. The van der Waals surface area contributed by atoms with Gasteiger partial charge in [0, 0.05) is 57.0 Å². The summed E-state index contributed by atoms with van der Waals surface area (Å²) in [6.07, 6.45) is 5.07. The maximum atomic E-state index is 9.79. The Balaban J connectivity index is 2.10. The fraction of sp³-hybridized carbons (Fsp3) is 0.467. The van der Waals surface area contributed by atoms with Crippen LogP contribution in [0.3, 0.4) is 0 Å². The number of methoxy groups -OCH3 is 1. The van der Waals surface area contributed by atoms with Gasteiger partial charge in [0.1, 0.15) is 0 Å². The minimum atomic E-state index is -0.487. The zero-order valence-corrected chi connectivity index (χ0v) is 12.7. The highest BCUT2D eigenvalue weighted by molar-refractivity contribution is 5.61. The molecule has 0 aromatic carbocycles. The van der Waals surface area contributed by atoms with E-state index in [4.69, 9.17) is 4.74 Å². The molecule has 1 unspecified atom stereocenters. The van der Waals surface area contributed by atoms with Gasteiger partial charge in [-0.25, -0.2) is 0 Å². The monoisotopic (exact) mass is 290 g/mol. The Morgan fingerprint density at radius 3 is 2.95 bits per heavy atom. The third-order valence-corrected chi connectivity index (χ3v) is 3.16. The van der Waals surface area contributed by atoms with Crippen molar-refractivity contribution < 1.29 is 9.84 Å². The van der Waals surface area contributed by atoms with Crippen LogP contribution in [0.1, 0.15) is 5.56 Å². The fourth-order valence-corrected chi connectivity index (χ4v) is 2.36. The lowest BCUT2D eigenvalue weighted by molar-refractivity contribution is 0.0419. The summed E-state index contributed by atoms with van der Waals surface area (Å²) in [7, 11) is 5.47. The van der Waals surface area contributed by atoms with Gasteiger partial charge in [-0.15, -0.1) is 0 Å². The third-order valence-electron chi connectivity index (χ3n) is 3.16. The molecule has 0 spiro atoms. The van der Waals surface area contributed by atoms with Gasteiger partial charge < -0.3 is 9.84 Å². The summed E-state index contributed by atoms with van der Waals surface area (Å²) < 4.78 is 6.75. The third kappa shape index (κ3) is 4.35. The van der Waals surface area contributed by atoms with Crippen molar-refractivity contribution in [1.82, 2.24) is 19.7 Å². The molecule has 0 radical (unpaired) electrons. The van der Waals surface area contributed by atoms with Crippen LogP contribution in [0.15, 0.2) is 30.7 Å². The number of rotatable bonds is 7. The van der Waals surface area contributed by atoms with Crippen LogP contribution >= 0.6 is 0 Å². The van der Waals surface area contributed by atoms with E-state index in [-0.39, 0.29) is 0 Å². The van der Waals surface area contributed by atoms with E-state index in [1.165, 1.54) is 0 Å². The average Bonchev–Trinajstić information content (AvgIpc) is 2.80. The molecule has 6 nitrogen and oxygen atoms in total. The maximum absolute atomic E-state index is 9.79. The number of ether oxygens (including phenoxy) is 1. The van der Waals surface area contributed by atoms with E-state index < -0.39 is 6.10 Å². The second-order valence-electron chi connectivity index (χ2n) is 5.22. The van der Waals surface area contributed by atoms with Gasteiger partial charge in [0.25, 0.3) is 0 Å². The predicted molar refractivity (Wildman–Crippen MR) is 80.7 cm³/mol. The molecule has 2 rings (SSSR count). The van der Waals surface area contributed by atoms with Crippen molar-refractivity contribution in [2.24, 2.45) is 7.05 Å². The Morgan fingerprint density at radius 1 is 1.48 bits per heavy atom. The molecule has 0 saturated heterocycles. The molecule has 21 heavy (non-hydrogen) atoms. The van der Waals surface area contributed by atoms with Gasteiger partial charge >= 0.3 is 0 Å². The molecular weight excluding hydrogens is 268 g/mol. The van der Waals surface area contributed by atoms with Crippen LogP contribution in [0.4, 0.5) is 0 Å².